The lowest BCUT2D eigenvalue weighted by atomic mass is 10.1. The molecule has 25 heavy (non-hydrogen) atoms. The molecule has 0 aromatic carbocycles. The number of nitrogens with one attached hydrogen (secondary N) is 1. The summed E-state index contributed by atoms with van der Waals surface area (Å²) in [5.41, 5.74) is 0.177. The summed E-state index contributed by atoms with van der Waals surface area (Å²) in [6, 6.07) is 5.51. The Bertz CT molecular complexity index is 843. The van der Waals surface area contributed by atoms with Gasteiger partial charge in [0.1, 0.15) is 16.9 Å². The quantitative estimate of drug-likeness (QED) is 0.794. The number of piperidine rings is 1. The average Bonchev–Trinajstić information content (AvgIpc) is 2.65. The Morgan fingerprint density at radius 3 is 2.68 bits per heavy atom. The van der Waals surface area contributed by atoms with Crippen LogP contribution in [0.4, 0.5) is 5.82 Å². The smallest absolute Gasteiger partial charge is 0.287 e. The Morgan fingerprint density at radius 1 is 1.28 bits per heavy atom. The van der Waals surface area contributed by atoms with Crippen molar-refractivity contribution in [2.45, 2.75) is 18.9 Å². The first-order valence-corrected chi connectivity index (χ1v) is 9.08. The van der Waals surface area contributed by atoms with Gasteiger partial charge in [0.2, 0.25) is 0 Å². The summed E-state index contributed by atoms with van der Waals surface area (Å²) in [5, 5.41) is 13.1. The van der Waals surface area contributed by atoms with Gasteiger partial charge in [0.15, 0.2) is 0 Å². The molecule has 1 fully saturated rings. The van der Waals surface area contributed by atoms with E-state index in [1.54, 1.807) is 12.1 Å². The summed E-state index contributed by atoms with van der Waals surface area (Å²) in [5.74, 6) is 0.688. The van der Waals surface area contributed by atoms with Crippen molar-refractivity contribution < 1.29 is 0 Å². The summed E-state index contributed by atoms with van der Waals surface area (Å²) in [6.45, 7) is 1.57. The van der Waals surface area contributed by atoms with Crippen molar-refractivity contribution in [1.29, 1.82) is 5.26 Å². The molecule has 1 aliphatic heterocycles. The number of halogens is 2. The van der Waals surface area contributed by atoms with Crippen molar-refractivity contribution in [1.82, 2.24) is 19.1 Å². The molecule has 0 unspecified atom stereocenters. The number of rotatable bonds is 4. The van der Waals surface area contributed by atoms with Crippen molar-refractivity contribution in [2.24, 2.45) is 0 Å². The van der Waals surface area contributed by atoms with Crippen molar-refractivity contribution in [3.8, 4) is 6.07 Å². The molecule has 3 rings (SSSR count). The summed E-state index contributed by atoms with van der Waals surface area (Å²) < 4.78 is 6.72. The molecule has 0 saturated carbocycles. The van der Waals surface area contributed by atoms with Gasteiger partial charge in [-0.2, -0.15) is 10.4 Å². The topological polar surface area (TPSA) is 86.8 Å². The highest BCUT2D eigenvalue weighted by Crippen LogP contribution is 2.26. The molecule has 130 valence electrons. The van der Waals surface area contributed by atoms with Crippen molar-refractivity contribution in [3.63, 3.8) is 0 Å². The van der Waals surface area contributed by atoms with Crippen molar-refractivity contribution in [2.75, 3.05) is 17.8 Å². The molecular formula is C15H14Cl2N6OS. The number of nitriles is 1. The fourth-order valence-electron chi connectivity index (χ4n) is 2.49. The Morgan fingerprint density at radius 2 is 2.04 bits per heavy atom. The molecule has 2 aromatic rings. The molecule has 1 N–H and O–H groups in total. The summed E-state index contributed by atoms with van der Waals surface area (Å²) in [6.07, 6.45) is 4.49. The summed E-state index contributed by atoms with van der Waals surface area (Å²) in [7, 11) is 0. The molecule has 10 heteroatoms. The van der Waals surface area contributed by atoms with Crippen LogP contribution in [0.1, 0.15) is 24.4 Å². The van der Waals surface area contributed by atoms with Gasteiger partial charge in [0.05, 0.1) is 22.8 Å². The largest absolute Gasteiger partial charge is 0.301 e. The van der Waals surface area contributed by atoms with E-state index in [-0.39, 0.29) is 21.6 Å². The Kier molecular flexibility index (Phi) is 5.81. The monoisotopic (exact) mass is 396 g/mol. The minimum atomic E-state index is -0.347. The number of aromatic nitrogens is 3. The van der Waals surface area contributed by atoms with Crippen LogP contribution in [0, 0.1) is 11.3 Å². The molecule has 0 atom stereocenters. The summed E-state index contributed by atoms with van der Waals surface area (Å²) >= 11 is 13.2. The number of hydrogen-bond donors (Lipinski definition) is 1. The summed E-state index contributed by atoms with van der Waals surface area (Å²) in [4.78, 5) is 16.3. The first-order valence-electron chi connectivity index (χ1n) is 7.55. The van der Waals surface area contributed by atoms with Gasteiger partial charge in [-0.25, -0.2) is 14.0 Å². The molecule has 7 nitrogen and oxygen atoms in total. The normalized spacial score (nSPS) is 15.7. The van der Waals surface area contributed by atoms with Crippen LogP contribution in [0.15, 0.2) is 29.3 Å². The minimum absolute atomic E-state index is 0.00662. The van der Waals surface area contributed by atoms with E-state index in [0.717, 1.165) is 25.9 Å². The van der Waals surface area contributed by atoms with E-state index in [9.17, 15) is 4.79 Å². The van der Waals surface area contributed by atoms with Crippen molar-refractivity contribution in [3.05, 3.63) is 50.5 Å². The van der Waals surface area contributed by atoms with E-state index in [1.165, 1.54) is 29.2 Å². The molecule has 1 saturated heterocycles. The van der Waals surface area contributed by atoms with E-state index < -0.39 is 0 Å². The second kappa shape index (κ2) is 8.06. The average molecular weight is 397 g/mol. The minimum Gasteiger partial charge on any atom is -0.301 e. The number of hydrogen-bond acceptors (Lipinski definition) is 7. The second-order valence-corrected chi connectivity index (χ2v) is 7.14. The van der Waals surface area contributed by atoms with E-state index in [4.69, 9.17) is 28.5 Å². The van der Waals surface area contributed by atoms with Crippen LogP contribution in [0.2, 0.25) is 10.0 Å². The van der Waals surface area contributed by atoms with Gasteiger partial charge in [-0.1, -0.05) is 23.2 Å². The van der Waals surface area contributed by atoms with Crippen LogP contribution >= 0.6 is 35.3 Å². The zero-order chi connectivity index (χ0) is 17.8. The first-order chi connectivity index (χ1) is 12.1. The molecule has 0 amide bonds. The molecule has 0 bridgehead atoms. The molecule has 2 aromatic heterocycles. The standard InChI is InChI=1S/C15H14Cl2N6OS/c16-12-9-20-23(15(24)14(12)17)11-3-5-22(6-4-11)25-21-13-2-1-10(7-18)8-19-13/h1-2,8-9,11H,3-6H2,(H,19,21). The maximum absolute atomic E-state index is 12.2. The zero-order valence-corrected chi connectivity index (χ0v) is 15.4. The Hall–Kier alpha value is -1.79. The van der Waals surface area contributed by atoms with Crippen LogP contribution in [0.3, 0.4) is 0 Å². The number of nitrogens with zero attached hydrogens (tertiary/aromatic N) is 5. The van der Waals surface area contributed by atoms with E-state index >= 15 is 0 Å². The van der Waals surface area contributed by atoms with Crippen molar-refractivity contribution >= 4 is 41.2 Å². The van der Waals surface area contributed by atoms with Gasteiger partial charge in [0, 0.05) is 31.4 Å². The molecule has 0 aliphatic carbocycles. The van der Waals surface area contributed by atoms with Crippen LogP contribution in [0.25, 0.3) is 0 Å². The van der Waals surface area contributed by atoms with Gasteiger partial charge in [0.25, 0.3) is 5.56 Å². The first kappa shape index (κ1) is 18.0. The molecule has 3 heterocycles. The molecule has 0 radical (unpaired) electrons. The van der Waals surface area contributed by atoms with Gasteiger partial charge in [-0.15, -0.1) is 0 Å². The third-order valence-electron chi connectivity index (χ3n) is 3.84. The van der Waals surface area contributed by atoms with Gasteiger partial charge >= 0.3 is 0 Å². The third-order valence-corrected chi connectivity index (χ3v) is 5.51. The maximum atomic E-state index is 12.2. The Labute approximate surface area is 158 Å². The number of anilines is 1. The highest BCUT2D eigenvalue weighted by Gasteiger charge is 2.23. The lowest BCUT2D eigenvalue weighted by Crippen LogP contribution is -2.36. The third kappa shape index (κ3) is 4.25. The highest BCUT2D eigenvalue weighted by atomic mass is 35.5. The highest BCUT2D eigenvalue weighted by molar-refractivity contribution is 7.98. The fraction of sp³-hybridized carbons (Fsp3) is 0.333. The predicted octanol–water partition coefficient (Wildman–Crippen LogP) is 3.13. The van der Waals surface area contributed by atoms with E-state index in [0.29, 0.717) is 11.4 Å². The van der Waals surface area contributed by atoms with Crippen LogP contribution < -0.4 is 10.3 Å². The van der Waals surface area contributed by atoms with Crippen LogP contribution in [0.5, 0.6) is 0 Å². The lowest BCUT2D eigenvalue weighted by molar-refractivity contribution is 0.269. The molecule has 0 spiro atoms. The second-order valence-electron chi connectivity index (χ2n) is 5.45. The Balaban J connectivity index is 1.54. The molecule has 1 aliphatic rings. The van der Waals surface area contributed by atoms with Crippen LogP contribution in [-0.2, 0) is 0 Å². The molecular weight excluding hydrogens is 383 g/mol. The SMILES string of the molecule is N#Cc1ccc(NSN2CCC(n3ncc(Cl)c(Cl)c3=O)CC2)nc1. The van der Waals surface area contributed by atoms with Gasteiger partial charge < -0.3 is 4.72 Å². The van der Waals surface area contributed by atoms with E-state index in [2.05, 4.69) is 19.1 Å². The maximum Gasteiger partial charge on any atom is 0.287 e. The lowest BCUT2D eigenvalue weighted by Gasteiger charge is -2.30. The zero-order valence-electron chi connectivity index (χ0n) is 13.0. The fourth-order valence-corrected chi connectivity index (χ4v) is 3.49. The van der Waals surface area contributed by atoms with E-state index in [1.807, 2.05) is 6.07 Å². The predicted molar refractivity (Wildman–Crippen MR) is 98.5 cm³/mol. The van der Waals surface area contributed by atoms with Crippen LogP contribution in [-0.4, -0.2) is 32.2 Å². The number of pyridine rings is 1. The van der Waals surface area contributed by atoms with Gasteiger partial charge in [-0.3, -0.25) is 4.79 Å². The van der Waals surface area contributed by atoms with Gasteiger partial charge in [-0.05, 0) is 25.0 Å².